The van der Waals surface area contributed by atoms with Crippen LogP contribution < -0.4 is 5.32 Å². The number of nitrogens with one attached hydrogen (secondary N) is 1. The van der Waals surface area contributed by atoms with E-state index in [2.05, 4.69) is 5.32 Å². The highest BCUT2D eigenvalue weighted by atomic mass is 35.5. The molecule has 1 aromatic rings. The van der Waals surface area contributed by atoms with Crippen LogP contribution in [0.15, 0.2) is 18.2 Å². The van der Waals surface area contributed by atoms with Crippen molar-refractivity contribution in [3.8, 4) is 0 Å². The Labute approximate surface area is 191 Å². The van der Waals surface area contributed by atoms with Crippen molar-refractivity contribution in [3.63, 3.8) is 0 Å². The number of halogens is 1. The van der Waals surface area contributed by atoms with Crippen LogP contribution in [0, 0.1) is 10.1 Å². The minimum absolute atomic E-state index is 0.114. The molecule has 0 bridgehead atoms. The monoisotopic (exact) mass is 496 g/mol. The van der Waals surface area contributed by atoms with Crippen molar-refractivity contribution in [2.24, 2.45) is 0 Å². The number of nitro benzene ring substituents is 1. The standard InChI is InChI=1S/C18H25ClN2O12/c19-7-2-1-6(3-8(7)21(29)30)20-17-14(27)13(26)16(10(5-23)31-17)33-18-15(28)12(25)11(24)9(4-22)32-18/h1-3,9-18,20,22-28H,4-5H2/t9-,10+,11-,12+,13+,14+,15-,16+,17+,18+/m0/s1. The maximum atomic E-state index is 11.1. The van der Waals surface area contributed by atoms with E-state index in [9.17, 15) is 45.9 Å². The van der Waals surface area contributed by atoms with Crippen molar-refractivity contribution in [2.45, 2.75) is 61.3 Å². The van der Waals surface area contributed by atoms with Crippen molar-refractivity contribution in [1.29, 1.82) is 0 Å². The molecule has 1 aromatic carbocycles. The van der Waals surface area contributed by atoms with E-state index in [-0.39, 0.29) is 10.7 Å². The molecule has 14 nitrogen and oxygen atoms in total. The SMILES string of the molecule is O=[N+]([O-])c1cc(N[C@@H]2O[C@H](CO)[C@@H](O[C@H]3O[C@@H](CO)[C@H](O)[C@@H](O)[C@@H]3O)[C@H](O)[C@H]2O)ccc1Cl. The second-order valence-electron chi connectivity index (χ2n) is 7.62. The normalized spacial score (nSPS) is 39.3. The van der Waals surface area contributed by atoms with E-state index in [0.717, 1.165) is 6.07 Å². The van der Waals surface area contributed by atoms with Gasteiger partial charge in [-0.25, -0.2) is 0 Å². The lowest BCUT2D eigenvalue weighted by atomic mass is 9.96. The summed E-state index contributed by atoms with van der Waals surface area (Å²) in [5, 5.41) is 83.6. The molecule has 0 unspecified atom stereocenters. The first kappa shape index (κ1) is 25.9. The molecule has 0 aliphatic carbocycles. The van der Waals surface area contributed by atoms with Gasteiger partial charge in [-0.15, -0.1) is 0 Å². The Morgan fingerprint density at radius 3 is 2.24 bits per heavy atom. The number of anilines is 1. The quantitative estimate of drug-likeness (QED) is 0.142. The van der Waals surface area contributed by atoms with Crippen LogP contribution >= 0.6 is 11.6 Å². The molecule has 0 radical (unpaired) electrons. The number of hydrogen-bond donors (Lipinski definition) is 8. The molecule has 0 aromatic heterocycles. The summed E-state index contributed by atoms with van der Waals surface area (Å²) >= 11 is 5.77. The Morgan fingerprint density at radius 1 is 0.970 bits per heavy atom. The second-order valence-corrected chi connectivity index (χ2v) is 8.03. The molecule has 2 aliphatic rings. The van der Waals surface area contributed by atoms with Crippen LogP contribution in [0.4, 0.5) is 11.4 Å². The van der Waals surface area contributed by atoms with E-state index in [4.69, 9.17) is 25.8 Å². The summed E-state index contributed by atoms with van der Waals surface area (Å²) in [5.41, 5.74) is -0.276. The number of nitro groups is 1. The zero-order valence-electron chi connectivity index (χ0n) is 16.9. The Morgan fingerprint density at radius 2 is 1.64 bits per heavy atom. The molecule has 10 atom stereocenters. The van der Waals surface area contributed by atoms with Gasteiger partial charge in [0, 0.05) is 11.8 Å². The van der Waals surface area contributed by atoms with Crippen molar-refractivity contribution < 1.29 is 54.9 Å². The zero-order valence-corrected chi connectivity index (χ0v) is 17.7. The molecule has 33 heavy (non-hydrogen) atoms. The minimum atomic E-state index is -1.78. The summed E-state index contributed by atoms with van der Waals surface area (Å²) in [6, 6.07) is 3.72. The lowest BCUT2D eigenvalue weighted by Gasteiger charge is -2.46. The summed E-state index contributed by atoms with van der Waals surface area (Å²) in [6.45, 7) is -1.43. The number of aliphatic hydroxyl groups is 7. The number of ether oxygens (including phenoxy) is 3. The highest BCUT2D eigenvalue weighted by molar-refractivity contribution is 6.32. The summed E-state index contributed by atoms with van der Waals surface area (Å²) in [7, 11) is 0. The average molecular weight is 497 g/mol. The smallest absolute Gasteiger partial charge is 0.289 e. The van der Waals surface area contributed by atoms with E-state index < -0.39 is 85.2 Å². The molecule has 3 rings (SSSR count). The van der Waals surface area contributed by atoms with E-state index >= 15 is 0 Å². The first-order valence-electron chi connectivity index (χ1n) is 9.88. The van der Waals surface area contributed by atoms with Crippen LogP contribution in [-0.4, -0.2) is 115 Å². The molecule has 2 aliphatic heterocycles. The maximum absolute atomic E-state index is 11.1. The molecule has 0 amide bonds. The Hall–Kier alpha value is -1.69. The average Bonchev–Trinajstić information content (AvgIpc) is 2.79. The van der Waals surface area contributed by atoms with Crippen LogP contribution in [0.1, 0.15) is 0 Å². The van der Waals surface area contributed by atoms with Crippen LogP contribution in [0.2, 0.25) is 5.02 Å². The van der Waals surface area contributed by atoms with E-state index in [1.165, 1.54) is 12.1 Å². The number of aliphatic hydroxyl groups excluding tert-OH is 7. The fourth-order valence-electron chi connectivity index (χ4n) is 3.62. The third-order valence-corrected chi connectivity index (χ3v) is 5.78. The number of nitrogens with zero attached hydrogens (tertiary/aromatic N) is 1. The summed E-state index contributed by atoms with van der Waals surface area (Å²) in [5.74, 6) is 0. The zero-order chi connectivity index (χ0) is 24.4. The van der Waals surface area contributed by atoms with Crippen LogP contribution in [0.5, 0.6) is 0 Å². The lowest BCUT2D eigenvalue weighted by molar-refractivity contribution is -0.384. The number of hydrogen-bond acceptors (Lipinski definition) is 13. The minimum Gasteiger partial charge on any atom is -0.394 e. The predicted molar refractivity (Wildman–Crippen MR) is 108 cm³/mol. The highest BCUT2D eigenvalue weighted by Gasteiger charge is 2.50. The lowest BCUT2D eigenvalue weighted by Crippen LogP contribution is -2.65. The fourth-order valence-corrected chi connectivity index (χ4v) is 3.80. The number of rotatable bonds is 7. The third kappa shape index (κ3) is 5.36. The predicted octanol–water partition coefficient (Wildman–Crippen LogP) is -2.72. The largest absolute Gasteiger partial charge is 0.394 e. The van der Waals surface area contributed by atoms with E-state index in [1.807, 2.05) is 0 Å². The maximum Gasteiger partial charge on any atom is 0.289 e. The molecular formula is C18H25ClN2O12. The first-order chi connectivity index (χ1) is 15.6. The second kappa shape index (κ2) is 10.7. The molecule has 2 saturated heterocycles. The van der Waals surface area contributed by atoms with Gasteiger partial charge in [0.05, 0.1) is 18.1 Å². The highest BCUT2D eigenvalue weighted by Crippen LogP contribution is 2.32. The first-order valence-corrected chi connectivity index (χ1v) is 10.3. The molecule has 8 N–H and O–H groups in total. The van der Waals surface area contributed by atoms with Crippen molar-refractivity contribution in [1.82, 2.24) is 0 Å². The van der Waals surface area contributed by atoms with Gasteiger partial charge in [0.25, 0.3) is 5.69 Å². The Bertz CT molecular complexity index is 830. The molecule has 2 fully saturated rings. The van der Waals surface area contributed by atoms with Gasteiger partial charge in [0.2, 0.25) is 0 Å². The van der Waals surface area contributed by atoms with Gasteiger partial charge in [-0.3, -0.25) is 10.1 Å². The van der Waals surface area contributed by atoms with E-state index in [1.54, 1.807) is 0 Å². The Kier molecular flexibility index (Phi) is 8.41. The molecular weight excluding hydrogens is 472 g/mol. The van der Waals surface area contributed by atoms with Crippen LogP contribution in [-0.2, 0) is 14.2 Å². The van der Waals surface area contributed by atoms with Gasteiger partial charge >= 0.3 is 0 Å². The molecule has 0 saturated carbocycles. The molecule has 186 valence electrons. The molecule has 0 spiro atoms. The summed E-state index contributed by atoms with van der Waals surface area (Å²) in [4.78, 5) is 10.4. The topological polar surface area (TPSA) is 224 Å². The summed E-state index contributed by atoms with van der Waals surface area (Å²) in [6.07, 6.45) is -15.6. The van der Waals surface area contributed by atoms with Crippen LogP contribution in [0.3, 0.4) is 0 Å². The van der Waals surface area contributed by atoms with Gasteiger partial charge in [0.1, 0.15) is 53.9 Å². The molecule has 2 heterocycles. The van der Waals surface area contributed by atoms with E-state index in [0.29, 0.717) is 0 Å². The summed E-state index contributed by atoms with van der Waals surface area (Å²) < 4.78 is 16.2. The van der Waals surface area contributed by atoms with Crippen molar-refractivity contribution >= 4 is 23.0 Å². The van der Waals surface area contributed by atoms with Crippen molar-refractivity contribution in [3.05, 3.63) is 33.3 Å². The van der Waals surface area contributed by atoms with Gasteiger partial charge in [-0.1, -0.05) is 11.6 Å². The number of benzene rings is 1. The van der Waals surface area contributed by atoms with Crippen molar-refractivity contribution in [2.75, 3.05) is 18.5 Å². The van der Waals surface area contributed by atoms with Gasteiger partial charge in [-0.2, -0.15) is 0 Å². The Balaban J connectivity index is 1.74. The molecule has 15 heteroatoms. The van der Waals surface area contributed by atoms with Gasteiger partial charge in [0.15, 0.2) is 12.5 Å². The van der Waals surface area contributed by atoms with Gasteiger partial charge < -0.3 is 55.3 Å². The van der Waals surface area contributed by atoms with Crippen LogP contribution in [0.25, 0.3) is 0 Å². The van der Waals surface area contributed by atoms with Gasteiger partial charge in [-0.05, 0) is 12.1 Å². The fraction of sp³-hybridized carbons (Fsp3) is 0.667. The third-order valence-electron chi connectivity index (χ3n) is 5.46.